The average Bonchev–Trinajstić information content (AvgIpc) is 2.90. The van der Waals surface area contributed by atoms with Gasteiger partial charge in [-0.1, -0.05) is 6.07 Å². The number of amides is 3. The predicted octanol–water partition coefficient (Wildman–Crippen LogP) is 4.07. The summed E-state index contributed by atoms with van der Waals surface area (Å²) in [5, 5.41) is 5.28. The van der Waals surface area contributed by atoms with Gasteiger partial charge in [0.2, 0.25) is 5.91 Å². The van der Waals surface area contributed by atoms with Gasteiger partial charge in [0.05, 0.1) is 19.9 Å². The number of anilines is 2. The number of nitrogens with zero attached hydrogens (tertiary/aromatic N) is 1. The molecule has 9 nitrogen and oxygen atoms in total. The Bertz CT molecular complexity index is 1420. The lowest BCUT2D eigenvalue weighted by atomic mass is 10.0. The van der Waals surface area contributed by atoms with Crippen LogP contribution < -0.4 is 29.7 Å². The van der Waals surface area contributed by atoms with Crippen molar-refractivity contribution in [2.45, 2.75) is 13.5 Å². The maximum atomic E-state index is 13.3. The third kappa shape index (κ3) is 5.98. The van der Waals surface area contributed by atoms with Gasteiger partial charge in [-0.05, 0) is 84.5 Å². The Morgan fingerprint density at radius 1 is 0.974 bits per heavy atom. The van der Waals surface area contributed by atoms with E-state index in [4.69, 9.17) is 26.4 Å². The van der Waals surface area contributed by atoms with Crippen LogP contribution in [0.3, 0.4) is 0 Å². The van der Waals surface area contributed by atoms with Crippen LogP contribution >= 0.6 is 12.2 Å². The van der Waals surface area contributed by atoms with Gasteiger partial charge < -0.3 is 19.5 Å². The third-order valence-electron chi connectivity index (χ3n) is 5.62. The molecule has 0 unspecified atom stereocenters. The van der Waals surface area contributed by atoms with E-state index in [-0.39, 0.29) is 23.2 Å². The maximum Gasteiger partial charge on any atom is 0.270 e. The molecule has 194 valence electrons. The molecule has 3 aromatic rings. The second-order valence-electron chi connectivity index (χ2n) is 8.22. The van der Waals surface area contributed by atoms with Gasteiger partial charge in [-0.15, -0.1) is 0 Å². The fourth-order valence-electron chi connectivity index (χ4n) is 3.79. The molecule has 0 aliphatic carbocycles. The third-order valence-corrected chi connectivity index (χ3v) is 5.90. The topological polar surface area (TPSA) is 106 Å². The summed E-state index contributed by atoms with van der Waals surface area (Å²) in [5.74, 6) is 0.515. The van der Waals surface area contributed by atoms with E-state index in [9.17, 15) is 14.4 Å². The van der Waals surface area contributed by atoms with Crippen molar-refractivity contribution in [2.75, 3.05) is 24.4 Å². The zero-order valence-corrected chi connectivity index (χ0v) is 21.8. The molecule has 0 aromatic heterocycles. The Balaban J connectivity index is 1.56. The summed E-state index contributed by atoms with van der Waals surface area (Å²) in [7, 11) is 3.09. The highest BCUT2D eigenvalue weighted by atomic mass is 32.1. The van der Waals surface area contributed by atoms with E-state index < -0.39 is 11.8 Å². The van der Waals surface area contributed by atoms with Crippen molar-refractivity contribution >= 4 is 52.5 Å². The van der Waals surface area contributed by atoms with Crippen molar-refractivity contribution in [1.82, 2.24) is 5.32 Å². The van der Waals surface area contributed by atoms with E-state index in [1.54, 1.807) is 80.9 Å². The van der Waals surface area contributed by atoms with Crippen LogP contribution in [0.25, 0.3) is 6.08 Å². The van der Waals surface area contributed by atoms with Gasteiger partial charge in [-0.2, -0.15) is 0 Å². The van der Waals surface area contributed by atoms with Gasteiger partial charge in [-0.25, -0.2) is 0 Å². The molecule has 1 heterocycles. The van der Waals surface area contributed by atoms with Gasteiger partial charge in [0, 0.05) is 18.2 Å². The second-order valence-corrected chi connectivity index (χ2v) is 8.61. The number of benzene rings is 3. The monoisotopic (exact) mass is 531 g/mol. The lowest BCUT2D eigenvalue weighted by Gasteiger charge is -2.29. The van der Waals surface area contributed by atoms with Crippen molar-refractivity contribution in [3.63, 3.8) is 0 Å². The summed E-state index contributed by atoms with van der Waals surface area (Å²) in [6.45, 7) is 1.61. The molecule has 0 atom stereocenters. The quantitative estimate of drug-likeness (QED) is 0.256. The molecule has 0 bridgehead atoms. The number of hydrogen-bond acceptors (Lipinski definition) is 7. The minimum atomic E-state index is -0.586. The highest BCUT2D eigenvalue weighted by Crippen LogP contribution is 2.27. The molecular formula is C28H25N3O6S. The fraction of sp³-hybridized carbons (Fsp3) is 0.143. The highest BCUT2D eigenvalue weighted by Gasteiger charge is 2.34. The van der Waals surface area contributed by atoms with E-state index >= 15 is 0 Å². The minimum Gasteiger partial charge on any atom is -0.497 e. The van der Waals surface area contributed by atoms with Crippen LogP contribution in [0.1, 0.15) is 18.1 Å². The molecule has 1 saturated heterocycles. The van der Waals surface area contributed by atoms with Gasteiger partial charge in [-0.3, -0.25) is 24.6 Å². The summed E-state index contributed by atoms with van der Waals surface area (Å²) in [5.41, 5.74) is 2.40. The molecule has 0 saturated carbocycles. The largest absolute Gasteiger partial charge is 0.497 e. The minimum absolute atomic E-state index is 0.00402. The number of carbonyl (C=O) groups is 3. The zero-order chi connectivity index (χ0) is 27.2. The molecule has 4 rings (SSSR count). The lowest BCUT2D eigenvalue weighted by molar-refractivity contribution is -0.122. The SMILES string of the molecule is COc1ccc(N2C(=O)/C(=C\c3ccc(OC)c(COc4ccc(NC(C)=O)cc4)c3)C(=O)NC2=S)cc1. The van der Waals surface area contributed by atoms with E-state index in [1.807, 2.05) is 0 Å². The molecule has 3 aromatic carbocycles. The molecule has 1 fully saturated rings. The van der Waals surface area contributed by atoms with Crippen LogP contribution in [0.15, 0.2) is 72.3 Å². The zero-order valence-electron chi connectivity index (χ0n) is 20.9. The highest BCUT2D eigenvalue weighted by molar-refractivity contribution is 7.80. The Labute approximate surface area is 225 Å². The smallest absolute Gasteiger partial charge is 0.270 e. The molecule has 10 heteroatoms. The summed E-state index contributed by atoms with van der Waals surface area (Å²) in [6, 6.07) is 19.0. The van der Waals surface area contributed by atoms with Crippen molar-refractivity contribution in [3.05, 3.63) is 83.4 Å². The van der Waals surface area contributed by atoms with E-state index in [0.717, 1.165) is 0 Å². The Morgan fingerprint density at radius 3 is 2.29 bits per heavy atom. The fourth-order valence-corrected chi connectivity index (χ4v) is 4.07. The first-order valence-corrected chi connectivity index (χ1v) is 11.9. The van der Waals surface area contributed by atoms with E-state index in [2.05, 4.69) is 10.6 Å². The first-order chi connectivity index (χ1) is 18.3. The predicted molar refractivity (Wildman–Crippen MR) is 147 cm³/mol. The number of thiocarbonyl (C=S) groups is 1. The van der Waals surface area contributed by atoms with Crippen molar-refractivity contribution < 1.29 is 28.6 Å². The van der Waals surface area contributed by atoms with Crippen molar-refractivity contribution in [1.29, 1.82) is 0 Å². The van der Waals surface area contributed by atoms with Crippen LogP contribution in [-0.2, 0) is 21.0 Å². The molecule has 3 amide bonds. The molecule has 38 heavy (non-hydrogen) atoms. The van der Waals surface area contributed by atoms with Crippen LogP contribution in [0.4, 0.5) is 11.4 Å². The molecule has 2 N–H and O–H groups in total. The molecule has 0 radical (unpaired) electrons. The average molecular weight is 532 g/mol. The molecule has 1 aliphatic heterocycles. The Hall–Kier alpha value is -4.70. The number of rotatable bonds is 8. The van der Waals surface area contributed by atoms with E-state index in [0.29, 0.717) is 39.8 Å². The maximum absolute atomic E-state index is 13.3. The lowest BCUT2D eigenvalue weighted by Crippen LogP contribution is -2.54. The van der Waals surface area contributed by atoms with Gasteiger partial charge in [0.1, 0.15) is 29.4 Å². The summed E-state index contributed by atoms with van der Waals surface area (Å²) < 4.78 is 16.5. The summed E-state index contributed by atoms with van der Waals surface area (Å²) in [4.78, 5) is 38.5. The molecule has 1 aliphatic rings. The Morgan fingerprint density at radius 2 is 1.66 bits per heavy atom. The summed E-state index contributed by atoms with van der Waals surface area (Å²) >= 11 is 5.27. The summed E-state index contributed by atoms with van der Waals surface area (Å²) in [6.07, 6.45) is 1.50. The standard InChI is InChI=1S/C28H25N3O6S/c1-17(32)29-20-5-9-23(10-6-20)37-16-19-14-18(4-13-25(19)36-3)15-24-26(33)30-28(38)31(27(24)34)21-7-11-22(35-2)12-8-21/h4-15H,16H2,1-3H3,(H,29,32)(H,30,33,38)/b24-15-. The van der Waals surface area contributed by atoms with Crippen LogP contribution in [-0.4, -0.2) is 37.1 Å². The number of methoxy groups -OCH3 is 2. The molecule has 0 spiro atoms. The first-order valence-electron chi connectivity index (χ1n) is 11.5. The van der Waals surface area contributed by atoms with Crippen molar-refractivity contribution in [3.8, 4) is 17.2 Å². The van der Waals surface area contributed by atoms with Crippen LogP contribution in [0.2, 0.25) is 0 Å². The van der Waals surface area contributed by atoms with Gasteiger partial charge in [0.15, 0.2) is 5.11 Å². The number of carbonyl (C=O) groups excluding carboxylic acids is 3. The number of nitrogens with one attached hydrogen (secondary N) is 2. The van der Waals surface area contributed by atoms with Gasteiger partial charge >= 0.3 is 0 Å². The van der Waals surface area contributed by atoms with Crippen LogP contribution in [0, 0.1) is 0 Å². The van der Waals surface area contributed by atoms with Crippen LogP contribution in [0.5, 0.6) is 17.2 Å². The van der Waals surface area contributed by atoms with Gasteiger partial charge in [0.25, 0.3) is 11.8 Å². The Kier molecular flexibility index (Phi) is 8.03. The number of ether oxygens (including phenoxy) is 3. The second kappa shape index (κ2) is 11.6. The normalized spacial score (nSPS) is 14.2. The van der Waals surface area contributed by atoms with Crippen molar-refractivity contribution in [2.24, 2.45) is 0 Å². The number of hydrogen-bond donors (Lipinski definition) is 2. The van der Waals surface area contributed by atoms with E-state index in [1.165, 1.54) is 17.9 Å². The first kappa shape index (κ1) is 26.4. The molecular weight excluding hydrogens is 506 g/mol.